The molecule has 0 spiro atoms. The first-order valence-electron chi connectivity index (χ1n) is 3.57. The van der Waals surface area contributed by atoms with Gasteiger partial charge in [-0.25, -0.2) is 0 Å². The zero-order chi connectivity index (χ0) is 8.81. The lowest BCUT2D eigenvalue weighted by molar-refractivity contribution is 1.34. The maximum absolute atomic E-state index is 5.37. The number of benzene rings is 1. The van der Waals surface area contributed by atoms with Crippen molar-refractivity contribution in [2.45, 2.75) is 0 Å². The number of halogens is 2. The SMILES string of the molecule is Cl/C=C/CNc1ccc(I)cc1. The molecule has 0 atom stereocenters. The molecule has 3 heteroatoms. The smallest absolute Gasteiger partial charge is 0.0343 e. The minimum absolute atomic E-state index is 0.768. The van der Waals surface area contributed by atoms with Crippen LogP contribution in [0.2, 0.25) is 0 Å². The van der Waals surface area contributed by atoms with Gasteiger partial charge in [0, 0.05) is 21.3 Å². The lowest BCUT2D eigenvalue weighted by atomic mass is 10.3. The van der Waals surface area contributed by atoms with Crippen LogP contribution in [0.5, 0.6) is 0 Å². The molecule has 64 valence electrons. The van der Waals surface area contributed by atoms with Gasteiger partial charge in [-0.05, 0) is 46.9 Å². The summed E-state index contributed by atoms with van der Waals surface area (Å²) in [5.74, 6) is 0. The van der Waals surface area contributed by atoms with Crippen molar-refractivity contribution in [1.82, 2.24) is 0 Å². The molecule has 0 aliphatic carbocycles. The second-order valence-corrected chi connectivity index (χ2v) is 3.75. The highest BCUT2D eigenvalue weighted by atomic mass is 127. The largest absolute Gasteiger partial charge is 0.382 e. The molecule has 0 unspecified atom stereocenters. The van der Waals surface area contributed by atoms with E-state index in [2.05, 4.69) is 40.0 Å². The number of hydrogen-bond donors (Lipinski definition) is 1. The molecule has 0 aromatic heterocycles. The van der Waals surface area contributed by atoms with Gasteiger partial charge in [0.2, 0.25) is 0 Å². The van der Waals surface area contributed by atoms with E-state index >= 15 is 0 Å². The van der Waals surface area contributed by atoms with Gasteiger partial charge in [0.05, 0.1) is 0 Å². The highest BCUT2D eigenvalue weighted by molar-refractivity contribution is 14.1. The third-order valence-electron chi connectivity index (χ3n) is 1.36. The predicted octanol–water partition coefficient (Wildman–Crippen LogP) is 3.46. The molecular weight excluding hydrogens is 284 g/mol. The lowest BCUT2D eigenvalue weighted by Crippen LogP contribution is -1.96. The average Bonchev–Trinajstić information content (AvgIpc) is 2.09. The zero-order valence-corrected chi connectivity index (χ0v) is 9.34. The van der Waals surface area contributed by atoms with Crippen LogP contribution in [0, 0.1) is 3.57 Å². The summed E-state index contributed by atoms with van der Waals surface area (Å²) in [6.45, 7) is 0.768. The number of nitrogens with one attached hydrogen (secondary N) is 1. The predicted molar refractivity (Wildman–Crippen MR) is 62.6 cm³/mol. The Bertz CT molecular complexity index is 256. The molecule has 0 aliphatic rings. The molecule has 0 bridgehead atoms. The molecule has 1 nitrogen and oxygen atoms in total. The van der Waals surface area contributed by atoms with E-state index in [1.807, 2.05) is 18.2 Å². The third kappa shape index (κ3) is 3.45. The highest BCUT2D eigenvalue weighted by Crippen LogP contribution is 2.10. The fourth-order valence-electron chi connectivity index (χ4n) is 0.789. The minimum Gasteiger partial charge on any atom is -0.382 e. The van der Waals surface area contributed by atoms with E-state index in [9.17, 15) is 0 Å². The molecule has 0 saturated carbocycles. The zero-order valence-electron chi connectivity index (χ0n) is 6.43. The first kappa shape index (κ1) is 9.86. The van der Waals surface area contributed by atoms with Crippen molar-refractivity contribution in [3.05, 3.63) is 39.4 Å². The van der Waals surface area contributed by atoms with Gasteiger partial charge < -0.3 is 5.32 Å². The summed E-state index contributed by atoms with van der Waals surface area (Å²) >= 11 is 7.65. The Morgan fingerprint density at radius 1 is 1.33 bits per heavy atom. The van der Waals surface area contributed by atoms with Gasteiger partial charge in [-0.2, -0.15) is 0 Å². The molecule has 0 fully saturated rings. The van der Waals surface area contributed by atoms with Gasteiger partial charge in [0.1, 0.15) is 0 Å². The minimum atomic E-state index is 0.768. The topological polar surface area (TPSA) is 12.0 Å². The molecule has 0 radical (unpaired) electrons. The molecule has 0 heterocycles. The maximum Gasteiger partial charge on any atom is 0.0343 e. The van der Waals surface area contributed by atoms with Crippen LogP contribution in [0.3, 0.4) is 0 Å². The van der Waals surface area contributed by atoms with Gasteiger partial charge in [-0.15, -0.1) is 0 Å². The Hall–Kier alpha value is -0.220. The summed E-state index contributed by atoms with van der Waals surface area (Å²) in [7, 11) is 0. The first-order valence-corrected chi connectivity index (χ1v) is 5.09. The summed E-state index contributed by atoms with van der Waals surface area (Å²) < 4.78 is 1.24. The van der Waals surface area contributed by atoms with Crippen LogP contribution < -0.4 is 5.32 Å². The molecule has 0 saturated heterocycles. The summed E-state index contributed by atoms with van der Waals surface area (Å²) in [5, 5.41) is 3.20. The van der Waals surface area contributed by atoms with Crippen LogP contribution in [0.4, 0.5) is 5.69 Å². The van der Waals surface area contributed by atoms with Crippen molar-refractivity contribution >= 4 is 39.9 Å². The Morgan fingerprint density at radius 3 is 2.58 bits per heavy atom. The van der Waals surface area contributed by atoms with Crippen molar-refractivity contribution < 1.29 is 0 Å². The Kier molecular flexibility index (Phi) is 4.46. The average molecular weight is 294 g/mol. The van der Waals surface area contributed by atoms with E-state index in [4.69, 9.17) is 11.6 Å². The molecular formula is C9H9ClIN. The summed E-state index contributed by atoms with van der Waals surface area (Å²) in [6, 6.07) is 8.22. The van der Waals surface area contributed by atoms with E-state index in [-0.39, 0.29) is 0 Å². The molecule has 0 amide bonds. The van der Waals surface area contributed by atoms with Crippen molar-refractivity contribution in [3.63, 3.8) is 0 Å². The summed E-state index contributed by atoms with van der Waals surface area (Å²) in [4.78, 5) is 0. The number of rotatable bonds is 3. The van der Waals surface area contributed by atoms with Gasteiger partial charge in [0.15, 0.2) is 0 Å². The fraction of sp³-hybridized carbons (Fsp3) is 0.111. The molecule has 1 aromatic carbocycles. The van der Waals surface area contributed by atoms with Gasteiger partial charge >= 0.3 is 0 Å². The van der Waals surface area contributed by atoms with Gasteiger partial charge in [0.25, 0.3) is 0 Å². The van der Waals surface area contributed by atoms with E-state index in [1.165, 1.54) is 9.11 Å². The van der Waals surface area contributed by atoms with Crippen LogP contribution >= 0.6 is 34.2 Å². The van der Waals surface area contributed by atoms with Crippen LogP contribution in [-0.2, 0) is 0 Å². The van der Waals surface area contributed by atoms with Crippen LogP contribution in [0.1, 0.15) is 0 Å². The van der Waals surface area contributed by atoms with Crippen molar-refractivity contribution in [2.24, 2.45) is 0 Å². The molecule has 1 N–H and O–H groups in total. The maximum atomic E-state index is 5.37. The van der Waals surface area contributed by atoms with E-state index in [0.29, 0.717) is 0 Å². The molecule has 1 rings (SSSR count). The standard InChI is InChI=1S/C9H9ClIN/c10-6-1-7-12-9-4-2-8(11)3-5-9/h1-6,12H,7H2/b6-1+. The Morgan fingerprint density at radius 2 is 2.00 bits per heavy atom. The van der Waals surface area contributed by atoms with Crippen molar-refractivity contribution in [1.29, 1.82) is 0 Å². The molecule has 12 heavy (non-hydrogen) atoms. The monoisotopic (exact) mass is 293 g/mol. The first-order chi connectivity index (χ1) is 5.83. The lowest BCUT2D eigenvalue weighted by Gasteiger charge is -2.01. The summed E-state index contributed by atoms with van der Waals surface area (Å²) in [6.07, 6.45) is 1.86. The second-order valence-electron chi connectivity index (χ2n) is 2.25. The fourth-order valence-corrected chi connectivity index (χ4v) is 1.24. The van der Waals surface area contributed by atoms with E-state index in [1.54, 1.807) is 0 Å². The van der Waals surface area contributed by atoms with Crippen LogP contribution in [0.25, 0.3) is 0 Å². The Labute approximate surface area is 91.0 Å². The normalized spacial score (nSPS) is 10.5. The van der Waals surface area contributed by atoms with Crippen LogP contribution in [0.15, 0.2) is 35.9 Å². The van der Waals surface area contributed by atoms with E-state index in [0.717, 1.165) is 12.2 Å². The van der Waals surface area contributed by atoms with Crippen molar-refractivity contribution in [3.8, 4) is 0 Å². The molecule has 0 aliphatic heterocycles. The summed E-state index contributed by atoms with van der Waals surface area (Å²) in [5.41, 5.74) is 2.63. The quantitative estimate of drug-likeness (QED) is 0.842. The third-order valence-corrected chi connectivity index (χ3v) is 2.25. The van der Waals surface area contributed by atoms with E-state index < -0.39 is 0 Å². The molecule has 1 aromatic rings. The van der Waals surface area contributed by atoms with Gasteiger partial charge in [-0.1, -0.05) is 17.7 Å². The van der Waals surface area contributed by atoms with Crippen molar-refractivity contribution in [2.75, 3.05) is 11.9 Å². The van der Waals surface area contributed by atoms with Crippen LogP contribution in [-0.4, -0.2) is 6.54 Å². The Balaban J connectivity index is 2.47. The van der Waals surface area contributed by atoms with Gasteiger partial charge in [-0.3, -0.25) is 0 Å². The number of anilines is 1. The second kappa shape index (κ2) is 5.43. The number of hydrogen-bond acceptors (Lipinski definition) is 1. The highest BCUT2D eigenvalue weighted by Gasteiger charge is 1.88.